The summed E-state index contributed by atoms with van der Waals surface area (Å²) in [7, 11) is -2.12. The predicted octanol–water partition coefficient (Wildman–Crippen LogP) is 0.376. The molecule has 23 heavy (non-hydrogen) atoms. The molecule has 0 spiro atoms. The van der Waals surface area contributed by atoms with Gasteiger partial charge in [-0.2, -0.15) is 0 Å². The summed E-state index contributed by atoms with van der Waals surface area (Å²) in [5, 5.41) is 0. The first-order valence-corrected chi connectivity index (χ1v) is 8.95. The maximum Gasteiger partial charge on any atom is 0.253 e. The minimum Gasteiger partial charge on any atom is -0.336 e. The van der Waals surface area contributed by atoms with E-state index < -0.39 is 10.0 Å². The fourth-order valence-electron chi connectivity index (χ4n) is 2.47. The number of terminal acetylenes is 1. The molecule has 1 aromatic carbocycles. The number of nitrogens with one attached hydrogen (secondary N) is 1. The van der Waals surface area contributed by atoms with Crippen LogP contribution in [0.5, 0.6) is 0 Å². The summed E-state index contributed by atoms with van der Waals surface area (Å²) in [6, 6.07) is 6.00. The molecule has 1 saturated heterocycles. The highest BCUT2D eigenvalue weighted by atomic mass is 32.2. The second kappa shape index (κ2) is 7.59. The first-order chi connectivity index (χ1) is 11.0. The molecule has 7 heteroatoms. The van der Waals surface area contributed by atoms with E-state index in [0.29, 0.717) is 18.7 Å². The molecule has 0 bridgehead atoms. The monoisotopic (exact) mass is 335 g/mol. The van der Waals surface area contributed by atoms with Crippen molar-refractivity contribution in [3.8, 4) is 12.3 Å². The highest BCUT2D eigenvalue weighted by molar-refractivity contribution is 7.89. The predicted molar refractivity (Wildman–Crippen MR) is 88.5 cm³/mol. The topological polar surface area (TPSA) is 69.7 Å². The van der Waals surface area contributed by atoms with Crippen LogP contribution in [0.25, 0.3) is 0 Å². The fourth-order valence-corrected chi connectivity index (χ4v) is 3.20. The summed E-state index contributed by atoms with van der Waals surface area (Å²) in [6.07, 6.45) is 5.98. The summed E-state index contributed by atoms with van der Waals surface area (Å²) >= 11 is 0. The first-order valence-electron chi connectivity index (χ1n) is 7.46. The second-order valence-corrected chi connectivity index (χ2v) is 7.21. The molecule has 1 N–H and O–H groups in total. The summed E-state index contributed by atoms with van der Waals surface area (Å²) in [5.74, 6) is 2.55. The molecule has 0 aliphatic carbocycles. The Balaban J connectivity index is 1.98. The van der Waals surface area contributed by atoms with Crippen molar-refractivity contribution >= 4 is 15.9 Å². The van der Waals surface area contributed by atoms with Gasteiger partial charge >= 0.3 is 0 Å². The Morgan fingerprint density at radius 3 is 2.35 bits per heavy atom. The van der Waals surface area contributed by atoms with E-state index in [0.717, 1.165) is 26.1 Å². The first kappa shape index (κ1) is 17.5. The summed E-state index contributed by atoms with van der Waals surface area (Å²) in [4.78, 5) is 16.6. The van der Waals surface area contributed by atoms with Gasteiger partial charge in [-0.25, -0.2) is 13.1 Å². The maximum atomic E-state index is 12.5. The van der Waals surface area contributed by atoms with Gasteiger partial charge in [-0.1, -0.05) is 0 Å². The molecular formula is C16H21N3O3S. The van der Waals surface area contributed by atoms with Crippen LogP contribution in [0, 0.1) is 12.3 Å². The van der Waals surface area contributed by atoms with Gasteiger partial charge in [0.15, 0.2) is 0 Å². The minimum absolute atomic E-state index is 0.0741. The quantitative estimate of drug-likeness (QED) is 0.790. The number of hydrogen-bond donors (Lipinski definition) is 1. The summed E-state index contributed by atoms with van der Waals surface area (Å²) in [5.41, 5.74) is 0.497. The van der Waals surface area contributed by atoms with Crippen molar-refractivity contribution in [2.75, 3.05) is 39.8 Å². The Morgan fingerprint density at radius 2 is 1.83 bits per heavy atom. The number of carbonyl (C=O) groups is 1. The van der Waals surface area contributed by atoms with Gasteiger partial charge in [0.05, 0.1) is 4.90 Å². The molecule has 1 amide bonds. The molecule has 0 atom stereocenters. The van der Waals surface area contributed by atoms with Crippen LogP contribution in [0.1, 0.15) is 16.8 Å². The molecule has 1 heterocycles. The Morgan fingerprint density at radius 1 is 1.22 bits per heavy atom. The number of carbonyl (C=O) groups excluding carboxylic acids is 1. The van der Waals surface area contributed by atoms with Crippen LogP contribution in [0.15, 0.2) is 29.2 Å². The highest BCUT2D eigenvalue weighted by Crippen LogP contribution is 2.13. The van der Waals surface area contributed by atoms with Crippen molar-refractivity contribution in [1.29, 1.82) is 0 Å². The average Bonchev–Trinajstić information content (AvgIpc) is 2.60. The SMILES string of the molecule is C#CCCN1CCN(C(=O)c2ccc(S(=O)(=O)NC)cc2)CC1. The summed E-state index contributed by atoms with van der Waals surface area (Å²) < 4.78 is 25.6. The molecule has 2 rings (SSSR count). The van der Waals surface area contributed by atoms with Gasteiger partial charge in [-0.05, 0) is 31.3 Å². The van der Waals surface area contributed by atoms with Crippen LogP contribution in [-0.2, 0) is 10.0 Å². The third-order valence-corrected chi connectivity index (χ3v) is 5.34. The zero-order valence-corrected chi connectivity index (χ0v) is 14.0. The van der Waals surface area contributed by atoms with Gasteiger partial charge in [0.2, 0.25) is 10.0 Å². The van der Waals surface area contributed by atoms with E-state index >= 15 is 0 Å². The molecule has 1 aromatic rings. The van der Waals surface area contributed by atoms with Gasteiger partial charge in [-0.15, -0.1) is 12.3 Å². The normalized spacial score (nSPS) is 16.1. The lowest BCUT2D eigenvalue weighted by molar-refractivity contribution is 0.0640. The third-order valence-electron chi connectivity index (χ3n) is 3.91. The lowest BCUT2D eigenvalue weighted by atomic mass is 10.2. The largest absolute Gasteiger partial charge is 0.336 e. The third kappa shape index (κ3) is 4.32. The van der Waals surface area contributed by atoms with Gasteiger partial charge in [0, 0.05) is 44.7 Å². The zero-order valence-electron chi connectivity index (χ0n) is 13.2. The molecule has 1 aliphatic rings. The number of nitrogens with zero attached hydrogens (tertiary/aromatic N) is 2. The van der Waals surface area contributed by atoms with E-state index in [2.05, 4.69) is 15.5 Å². The summed E-state index contributed by atoms with van der Waals surface area (Å²) in [6.45, 7) is 3.77. The zero-order chi connectivity index (χ0) is 16.9. The average molecular weight is 335 g/mol. The Hall–Kier alpha value is -1.88. The molecule has 0 unspecified atom stereocenters. The van der Waals surface area contributed by atoms with E-state index in [1.165, 1.54) is 19.2 Å². The number of rotatable bonds is 5. The van der Waals surface area contributed by atoms with Crippen molar-refractivity contribution in [1.82, 2.24) is 14.5 Å². The number of amides is 1. The number of benzene rings is 1. The number of hydrogen-bond acceptors (Lipinski definition) is 4. The molecule has 1 aliphatic heterocycles. The molecule has 6 nitrogen and oxygen atoms in total. The maximum absolute atomic E-state index is 12.5. The molecule has 0 saturated carbocycles. The van der Waals surface area contributed by atoms with Crippen LogP contribution in [0.3, 0.4) is 0 Å². The molecule has 1 fully saturated rings. The molecular weight excluding hydrogens is 314 g/mol. The van der Waals surface area contributed by atoms with Crippen LogP contribution >= 0.6 is 0 Å². The number of piperazine rings is 1. The minimum atomic E-state index is -3.48. The number of sulfonamides is 1. The van der Waals surface area contributed by atoms with Gasteiger partial charge in [-0.3, -0.25) is 9.69 Å². The lowest BCUT2D eigenvalue weighted by Gasteiger charge is -2.34. The molecule has 124 valence electrons. The van der Waals surface area contributed by atoms with E-state index in [9.17, 15) is 13.2 Å². The van der Waals surface area contributed by atoms with Crippen molar-refractivity contribution in [3.63, 3.8) is 0 Å². The van der Waals surface area contributed by atoms with E-state index in [1.54, 1.807) is 17.0 Å². The standard InChI is InChI=1S/C16H21N3O3S/c1-3-4-9-18-10-12-19(13-11-18)16(20)14-5-7-15(8-6-14)23(21,22)17-2/h1,5-8,17H,4,9-13H2,2H3. The smallest absolute Gasteiger partial charge is 0.253 e. The van der Waals surface area contributed by atoms with E-state index in [-0.39, 0.29) is 10.8 Å². The van der Waals surface area contributed by atoms with Gasteiger partial charge in [0.25, 0.3) is 5.91 Å². The van der Waals surface area contributed by atoms with Crippen molar-refractivity contribution in [2.45, 2.75) is 11.3 Å². The Bertz CT molecular complexity index is 684. The van der Waals surface area contributed by atoms with Crippen molar-refractivity contribution in [3.05, 3.63) is 29.8 Å². The van der Waals surface area contributed by atoms with Crippen LogP contribution in [-0.4, -0.2) is 63.9 Å². The fraction of sp³-hybridized carbons (Fsp3) is 0.438. The van der Waals surface area contributed by atoms with Crippen molar-refractivity contribution < 1.29 is 13.2 Å². The van der Waals surface area contributed by atoms with Gasteiger partial charge < -0.3 is 4.90 Å². The van der Waals surface area contributed by atoms with E-state index in [4.69, 9.17) is 6.42 Å². The molecule has 0 aromatic heterocycles. The second-order valence-electron chi connectivity index (χ2n) is 5.32. The Kier molecular flexibility index (Phi) is 5.77. The Labute approximate surface area is 137 Å². The van der Waals surface area contributed by atoms with Crippen LogP contribution < -0.4 is 4.72 Å². The lowest BCUT2D eigenvalue weighted by Crippen LogP contribution is -2.48. The van der Waals surface area contributed by atoms with Crippen LogP contribution in [0.2, 0.25) is 0 Å². The van der Waals surface area contributed by atoms with Gasteiger partial charge in [0.1, 0.15) is 0 Å². The van der Waals surface area contributed by atoms with Crippen LogP contribution in [0.4, 0.5) is 0 Å². The van der Waals surface area contributed by atoms with Crippen molar-refractivity contribution in [2.24, 2.45) is 0 Å². The molecule has 0 radical (unpaired) electrons. The highest BCUT2D eigenvalue weighted by Gasteiger charge is 2.22. The van der Waals surface area contributed by atoms with E-state index in [1.807, 2.05) is 0 Å².